The molecule has 7 nitrogen and oxygen atoms in total. The first-order chi connectivity index (χ1) is 15.9. The molecule has 1 aliphatic heterocycles. The summed E-state index contributed by atoms with van der Waals surface area (Å²) in [6.45, 7) is 8.93. The molecule has 1 aliphatic carbocycles. The highest BCUT2D eigenvalue weighted by molar-refractivity contribution is 6.05. The van der Waals surface area contributed by atoms with Crippen LogP contribution in [0, 0.1) is 6.92 Å². The monoisotopic (exact) mass is 479 g/mol. The molecule has 0 unspecified atom stereocenters. The maximum Gasteiger partial charge on any atom is 0.315 e. The van der Waals surface area contributed by atoms with Crippen LogP contribution in [0.2, 0.25) is 0 Å². The highest BCUT2D eigenvalue weighted by atomic mass is 19.3. The fourth-order valence-electron chi connectivity index (χ4n) is 4.86. The van der Waals surface area contributed by atoms with Crippen LogP contribution in [0.25, 0.3) is 0 Å². The highest BCUT2D eigenvalue weighted by Crippen LogP contribution is 2.40. The summed E-state index contributed by atoms with van der Waals surface area (Å²) >= 11 is 0. The SMILES string of the molecule is Cc1cc2c(cc1C(=O)N(C(C)C)C1CCCCC1)N(CCNC(=O)C(F)F)C(=O)C(C)(C)O2. The Bertz CT molecular complexity index is 942. The Morgan fingerprint density at radius 3 is 2.44 bits per heavy atom. The number of alkyl halides is 2. The lowest BCUT2D eigenvalue weighted by Crippen LogP contribution is -2.54. The fraction of sp³-hybridized carbons (Fsp3) is 0.640. The average molecular weight is 480 g/mol. The zero-order chi connectivity index (χ0) is 25.2. The van der Waals surface area contributed by atoms with Crippen LogP contribution < -0.4 is 15.0 Å². The first kappa shape index (κ1) is 25.9. The standard InChI is InChI=1S/C25H35F2N3O4/c1-15(2)30(17-9-7-6-8-10-17)23(32)18-14-19-20(13-16(18)3)34-25(4,5)24(33)29(19)12-11-28-22(31)21(26)27/h13-15,17,21H,6-12H2,1-5H3,(H,28,31). The summed E-state index contributed by atoms with van der Waals surface area (Å²) in [5.41, 5.74) is 0.443. The van der Waals surface area contributed by atoms with Gasteiger partial charge in [0.15, 0.2) is 5.60 Å². The number of ether oxygens (including phenoxy) is 1. The summed E-state index contributed by atoms with van der Waals surface area (Å²) in [5, 5.41) is 2.13. The van der Waals surface area contributed by atoms with Crippen LogP contribution in [0.3, 0.4) is 0 Å². The molecule has 1 heterocycles. The number of aryl methyl sites for hydroxylation is 1. The van der Waals surface area contributed by atoms with Crippen molar-refractivity contribution in [3.63, 3.8) is 0 Å². The minimum absolute atomic E-state index is 0.0171. The maximum absolute atomic E-state index is 13.7. The third kappa shape index (κ3) is 5.33. The number of carbonyl (C=O) groups is 3. The number of nitrogens with one attached hydrogen (secondary N) is 1. The Labute approximate surface area is 199 Å². The average Bonchev–Trinajstić information content (AvgIpc) is 2.76. The van der Waals surface area contributed by atoms with E-state index in [1.807, 2.05) is 25.7 Å². The van der Waals surface area contributed by atoms with Crippen molar-refractivity contribution in [1.82, 2.24) is 10.2 Å². The van der Waals surface area contributed by atoms with Gasteiger partial charge in [-0.15, -0.1) is 0 Å². The second kappa shape index (κ2) is 10.3. The molecule has 0 radical (unpaired) electrons. The van der Waals surface area contributed by atoms with Crippen LogP contribution in [-0.2, 0) is 9.59 Å². The van der Waals surface area contributed by atoms with Crippen LogP contribution in [-0.4, -0.2) is 59.8 Å². The van der Waals surface area contributed by atoms with Crippen LogP contribution in [0.1, 0.15) is 75.7 Å². The normalized spacial score (nSPS) is 18.0. The molecule has 188 valence electrons. The molecule has 1 saturated carbocycles. The van der Waals surface area contributed by atoms with E-state index in [-0.39, 0.29) is 37.0 Å². The summed E-state index contributed by atoms with van der Waals surface area (Å²) in [6, 6.07) is 3.60. The van der Waals surface area contributed by atoms with Crippen LogP contribution in [0.5, 0.6) is 5.75 Å². The predicted molar refractivity (Wildman–Crippen MR) is 125 cm³/mol. The number of fused-ring (bicyclic) bond motifs is 1. The van der Waals surface area contributed by atoms with Gasteiger partial charge >= 0.3 is 6.43 Å². The second-order valence-corrected chi connectivity index (χ2v) is 9.89. The van der Waals surface area contributed by atoms with E-state index in [0.29, 0.717) is 17.0 Å². The van der Waals surface area contributed by atoms with Crippen molar-refractivity contribution in [1.29, 1.82) is 0 Å². The first-order valence-corrected chi connectivity index (χ1v) is 12.0. The lowest BCUT2D eigenvalue weighted by atomic mass is 9.92. The molecule has 0 saturated heterocycles. The molecule has 0 spiro atoms. The van der Waals surface area contributed by atoms with Gasteiger partial charge in [0.05, 0.1) is 5.69 Å². The van der Waals surface area contributed by atoms with Gasteiger partial charge in [-0.05, 0) is 65.2 Å². The molecular formula is C25H35F2N3O4. The van der Waals surface area contributed by atoms with Crippen molar-refractivity contribution in [2.24, 2.45) is 0 Å². The van der Waals surface area contributed by atoms with Crippen molar-refractivity contribution in [3.8, 4) is 5.75 Å². The lowest BCUT2D eigenvalue weighted by molar-refractivity contribution is -0.133. The van der Waals surface area contributed by atoms with Crippen molar-refractivity contribution in [2.75, 3.05) is 18.0 Å². The van der Waals surface area contributed by atoms with Crippen LogP contribution >= 0.6 is 0 Å². The Morgan fingerprint density at radius 1 is 1.21 bits per heavy atom. The van der Waals surface area contributed by atoms with Gasteiger partial charge in [0.1, 0.15) is 5.75 Å². The van der Waals surface area contributed by atoms with Crippen molar-refractivity contribution in [3.05, 3.63) is 23.3 Å². The predicted octanol–water partition coefficient (Wildman–Crippen LogP) is 4.06. The molecule has 3 rings (SSSR count). The fourth-order valence-corrected chi connectivity index (χ4v) is 4.86. The summed E-state index contributed by atoms with van der Waals surface area (Å²) < 4.78 is 31.1. The molecule has 1 aromatic rings. The van der Waals surface area contributed by atoms with Gasteiger partial charge in [0.25, 0.3) is 17.7 Å². The van der Waals surface area contributed by atoms with E-state index in [2.05, 4.69) is 5.32 Å². The molecule has 0 aromatic heterocycles. The number of hydrogen-bond donors (Lipinski definition) is 1. The third-order valence-electron chi connectivity index (χ3n) is 6.54. The topological polar surface area (TPSA) is 79.0 Å². The minimum atomic E-state index is -3.13. The molecule has 1 N–H and O–H groups in total. The number of carbonyl (C=O) groups excluding carboxylic acids is 3. The number of rotatable bonds is 7. The molecule has 3 amide bonds. The van der Waals surface area contributed by atoms with Crippen molar-refractivity contribution in [2.45, 2.75) is 90.8 Å². The largest absolute Gasteiger partial charge is 0.476 e. The van der Waals surface area contributed by atoms with Gasteiger partial charge in [-0.2, -0.15) is 8.78 Å². The van der Waals surface area contributed by atoms with Gasteiger partial charge in [-0.25, -0.2) is 0 Å². The number of benzene rings is 1. The van der Waals surface area contributed by atoms with Gasteiger partial charge in [0, 0.05) is 30.7 Å². The van der Waals surface area contributed by atoms with E-state index in [1.165, 1.54) is 11.3 Å². The van der Waals surface area contributed by atoms with E-state index in [0.717, 1.165) is 31.2 Å². The number of amides is 3. The van der Waals surface area contributed by atoms with E-state index < -0.39 is 17.9 Å². The quantitative estimate of drug-likeness (QED) is 0.640. The molecule has 34 heavy (non-hydrogen) atoms. The number of hydrogen-bond acceptors (Lipinski definition) is 4. The molecule has 2 aliphatic rings. The zero-order valence-corrected chi connectivity index (χ0v) is 20.6. The molecule has 1 fully saturated rings. The van der Waals surface area contributed by atoms with Crippen molar-refractivity contribution < 1.29 is 27.9 Å². The number of nitrogens with zero attached hydrogens (tertiary/aromatic N) is 2. The number of halogens is 2. The summed E-state index contributed by atoms with van der Waals surface area (Å²) in [5.74, 6) is -1.42. The summed E-state index contributed by atoms with van der Waals surface area (Å²) in [4.78, 5) is 41.5. The van der Waals surface area contributed by atoms with Gasteiger partial charge in [0.2, 0.25) is 0 Å². The Kier molecular flexibility index (Phi) is 7.83. The second-order valence-electron chi connectivity index (χ2n) is 9.89. The molecule has 0 bridgehead atoms. The van der Waals surface area contributed by atoms with E-state index in [9.17, 15) is 23.2 Å². The lowest BCUT2D eigenvalue weighted by Gasteiger charge is -2.40. The maximum atomic E-state index is 13.7. The van der Waals surface area contributed by atoms with E-state index >= 15 is 0 Å². The minimum Gasteiger partial charge on any atom is -0.476 e. The van der Waals surface area contributed by atoms with E-state index in [4.69, 9.17) is 4.74 Å². The molecule has 1 aromatic carbocycles. The Balaban J connectivity index is 1.95. The Hall–Kier alpha value is -2.71. The molecular weight excluding hydrogens is 444 g/mol. The summed E-state index contributed by atoms with van der Waals surface area (Å²) in [6.07, 6.45) is 2.19. The first-order valence-electron chi connectivity index (χ1n) is 12.0. The zero-order valence-electron chi connectivity index (χ0n) is 20.6. The summed E-state index contributed by atoms with van der Waals surface area (Å²) in [7, 11) is 0. The Morgan fingerprint density at radius 2 is 1.85 bits per heavy atom. The smallest absolute Gasteiger partial charge is 0.315 e. The third-order valence-corrected chi connectivity index (χ3v) is 6.54. The number of anilines is 1. The molecule has 9 heteroatoms. The molecule has 0 atom stereocenters. The van der Waals surface area contributed by atoms with Crippen molar-refractivity contribution >= 4 is 23.4 Å². The van der Waals surface area contributed by atoms with Gasteiger partial charge in [-0.3, -0.25) is 14.4 Å². The van der Waals surface area contributed by atoms with Gasteiger partial charge < -0.3 is 19.9 Å². The highest BCUT2D eigenvalue weighted by Gasteiger charge is 2.42. The van der Waals surface area contributed by atoms with Gasteiger partial charge in [-0.1, -0.05) is 19.3 Å². The van der Waals surface area contributed by atoms with Crippen LogP contribution in [0.15, 0.2) is 12.1 Å². The van der Waals surface area contributed by atoms with Crippen LogP contribution in [0.4, 0.5) is 14.5 Å². The van der Waals surface area contributed by atoms with E-state index in [1.54, 1.807) is 26.0 Å².